The molecule has 1 saturated heterocycles. The van der Waals surface area contributed by atoms with E-state index in [1.165, 1.54) is 12.0 Å². The van der Waals surface area contributed by atoms with E-state index >= 15 is 0 Å². The monoisotopic (exact) mass is 356 g/mol. The van der Waals surface area contributed by atoms with Gasteiger partial charge >= 0.3 is 0 Å². The average molecular weight is 357 g/mol. The van der Waals surface area contributed by atoms with Crippen LogP contribution in [0.1, 0.15) is 25.8 Å². The maximum Gasteiger partial charge on any atom is 0.175 e. The number of nitrogens with zero attached hydrogens (tertiary/aromatic N) is 1. The maximum atomic E-state index is 5.88. The number of hydrogen-bond donors (Lipinski definition) is 1. The van der Waals surface area contributed by atoms with Crippen LogP contribution in [0.4, 0.5) is 0 Å². The quantitative estimate of drug-likeness (QED) is 0.850. The first-order valence-corrected chi connectivity index (χ1v) is 8.22. The highest BCUT2D eigenvalue weighted by atomic mass is 79.9. The highest BCUT2D eigenvalue weighted by Crippen LogP contribution is 2.37. The number of methoxy groups -OCH3 is 1. The van der Waals surface area contributed by atoms with Crippen molar-refractivity contribution in [3.8, 4) is 11.5 Å². The van der Waals surface area contributed by atoms with E-state index < -0.39 is 0 Å². The van der Waals surface area contributed by atoms with Gasteiger partial charge in [-0.05, 0) is 65.5 Å². The normalized spacial score (nSPS) is 22.5. The maximum absolute atomic E-state index is 5.88. The summed E-state index contributed by atoms with van der Waals surface area (Å²) < 4.78 is 12.0. The molecule has 1 atom stereocenters. The van der Waals surface area contributed by atoms with E-state index in [1.54, 1.807) is 7.11 Å². The number of nitrogens with two attached hydrogens (primary N) is 1. The summed E-state index contributed by atoms with van der Waals surface area (Å²) in [5.74, 6) is 1.55. The minimum absolute atomic E-state index is 0.257. The molecule has 0 amide bonds. The van der Waals surface area contributed by atoms with Crippen LogP contribution in [-0.4, -0.2) is 38.3 Å². The van der Waals surface area contributed by atoms with E-state index in [9.17, 15) is 0 Å². The first-order valence-electron chi connectivity index (χ1n) is 7.43. The van der Waals surface area contributed by atoms with Crippen molar-refractivity contribution in [3.05, 3.63) is 22.2 Å². The van der Waals surface area contributed by atoms with Crippen molar-refractivity contribution in [3.63, 3.8) is 0 Å². The Bertz CT molecular complexity index is 495. The molecule has 1 aliphatic rings. The third-order valence-electron chi connectivity index (χ3n) is 4.11. The number of benzene rings is 1. The lowest BCUT2D eigenvalue weighted by molar-refractivity contribution is 0.273. The van der Waals surface area contributed by atoms with Gasteiger partial charge in [-0.3, -0.25) is 4.90 Å². The molecule has 1 unspecified atom stereocenters. The minimum atomic E-state index is 0.257. The van der Waals surface area contributed by atoms with Gasteiger partial charge in [0.1, 0.15) is 0 Å². The summed E-state index contributed by atoms with van der Waals surface area (Å²) in [5, 5.41) is 0. The lowest BCUT2D eigenvalue weighted by atomic mass is 9.90. The fourth-order valence-corrected chi connectivity index (χ4v) is 3.44. The second kappa shape index (κ2) is 6.99. The largest absolute Gasteiger partial charge is 0.493 e. The summed E-state index contributed by atoms with van der Waals surface area (Å²) in [5.41, 5.74) is 7.36. The molecule has 0 spiro atoms. The fourth-order valence-electron chi connectivity index (χ4n) is 2.83. The van der Waals surface area contributed by atoms with Gasteiger partial charge < -0.3 is 15.2 Å². The summed E-state index contributed by atoms with van der Waals surface area (Å²) in [6, 6.07) is 4.18. The zero-order chi connectivity index (χ0) is 15.5. The molecule has 0 aliphatic carbocycles. The number of rotatable bonds is 6. The molecular weight excluding hydrogens is 332 g/mol. The molecular formula is C16H25BrN2O2. The molecule has 118 valence electrons. The molecule has 1 aromatic carbocycles. The zero-order valence-electron chi connectivity index (χ0n) is 13.1. The molecule has 1 heterocycles. The smallest absolute Gasteiger partial charge is 0.175 e. The van der Waals surface area contributed by atoms with E-state index in [-0.39, 0.29) is 5.41 Å². The topological polar surface area (TPSA) is 47.7 Å². The van der Waals surface area contributed by atoms with Gasteiger partial charge in [0.25, 0.3) is 0 Å². The van der Waals surface area contributed by atoms with E-state index in [2.05, 4.69) is 39.9 Å². The second-order valence-electron chi connectivity index (χ2n) is 6.02. The van der Waals surface area contributed by atoms with Crippen molar-refractivity contribution < 1.29 is 9.47 Å². The zero-order valence-corrected chi connectivity index (χ0v) is 14.7. The molecule has 0 saturated carbocycles. The van der Waals surface area contributed by atoms with Crippen molar-refractivity contribution in [2.24, 2.45) is 11.1 Å². The highest BCUT2D eigenvalue weighted by Gasteiger charge is 2.32. The first kappa shape index (κ1) is 16.6. The van der Waals surface area contributed by atoms with Gasteiger partial charge in [-0.15, -0.1) is 0 Å². The molecule has 0 radical (unpaired) electrons. The SMILES string of the molecule is CCOc1c(Br)cc(CN2CCC(C)(CN)C2)cc1OC. The van der Waals surface area contributed by atoms with Crippen LogP contribution in [0.5, 0.6) is 11.5 Å². The van der Waals surface area contributed by atoms with E-state index in [0.717, 1.165) is 42.2 Å². The Labute approximate surface area is 135 Å². The van der Waals surface area contributed by atoms with Crippen LogP contribution in [-0.2, 0) is 6.54 Å². The lowest BCUT2D eigenvalue weighted by Crippen LogP contribution is -2.31. The van der Waals surface area contributed by atoms with Crippen LogP contribution in [0.2, 0.25) is 0 Å². The van der Waals surface area contributed by atoms with E-state index in [0.29, 0.717) is 6.61 Å². The number of hydrogen-bond acceptors (Lipinski definition) is 4. The van der Waals surface area contributed by atoms with Crippen LogP contribution < -0.4 is 15.2 Å². The van der Waals surface area contributed by atoms with Crippen LogP contribution in [0, 0.1) is 5.41 Å². The Morgan fingerprint density at radius 1 is 1.43 bits per heavy atom. The number of halogens is 1. The molecule has 1 aliphatic heterocycles. The highest BCUT2D eigenvalue weighted by molar-refractivity contribution is 9.10. The molecule has 1 fully saturated rings. The van der Waals surface area contributed by atoms with Crippen LogP contribution in [0.3, 0.4) is 0 Å². The van der Waals surface area contributed by atoms with Gasteiger partial charge in [0.05, 0.1) is 18.2 Å². The van der Waals surface area contributed by atoms with E-state index in [1.807, 2.05) is 6.92 Å². The third kappa shape index (κ3) is 3.90. The van der Waals surface area contributed by atoms with Crippen molar-refractivity contribution in [2.45, 2.75) is 26.8 Å². The van der Waals surface area contributed by atoms with Gasteiger partial charge in [-0.1, -0.05) is 6.92 Å². The van der Waals surface area contributed by atoms with E-state index in [4.69, 9.17) is 15.2 Å². The summed E-state index contributed by atoms with van der Waals surface area (Å²) in [4.78, 5) is 2.45. The molecule has 21 heavy (non-hydrogen) atoms. The van der Waals surface area contributed by atoms with Gasteiger partial charge in [0, 0.05) is 13.1 Å². The summed E-state index contributed by atoms with van der Waals surface area (Å²) >= 11 is 3.58. The average Bonchev–Trinajstić information content (AvgIpc) is 2.83. The number of ether oxygens (including phenoxy) is 2. The first-order chi connectivity index (χ1) is 10.0. The Balaban J connectivity index is 2.13. The van der Waals surface area contributed by atoms with Crippen molar-refractivity contribution in [1.82, 2.24) is 4.90 Å². The molecule has 0 bridgehead atoms. The lowest BCUT2D eigenvalue weighted by Gasteiger charge is -2.23. The van der Waals surface area contributed by atoms with Gasteiger partial charge in [-0.25, -0.2) is 0 Å². The molecule has 4 nitrogen and oxygen atoms in total. The fraction of sp³-hybridized carbons (Fsp3) is 0.625. The molecule has 0 aromatic heterocycles. The van der Waals surface area contributed by atoms with Crippen LogP contribution in [0.25, 0.3) is 0 Å². The Morgan fingerprint density at radius 2 is 2.19 bits per heavy atom. The Morgan fingerprint density at radius 3 is 2.76 bits per heavy atom. The molecule has 5 heteroatoms. The molecule has 1 aromatic rings. The van der Waals surface area contributed by atoms with Crippen molar-refractivity contribution in [2.75, 3.05) is 33.4 Å². The summed E-state index contributed by atoms with van der Waals surface area (Å²) in [6.07, 6.45) is 1.17. The van der Waals surface area contributed by atoms with Crippen molar-refractivity contribution >= 4 is 15.9 Å². The van der Waals surface area contributed by atoms with Gasteiger partial charge in [0.15, 0.2) is 11.5 Å². The Kier molecular flexibility index (Phi) is 5.52. The Hall–Kier alpha value is -0.780. The summed E-state index contributed by atoms with van der Waals surface area (Å²) in [6.45, 7) is 8.67. The van der Waals surface area contributed by atoms with Crippen LogP contribution >= 0.6 is 15.9 Å². The summed E-state index contributed by atoms with van der Waals surface area (Å²) in [7, 11) is 1.68. The predicted molar refractivity (Wildman–Crippen MR) is 88.9 cm³/mol. The third-order valence-corrected chi connectivity index (χ3v) is 4.70. The standard InChI is InChI=1S/C16H25BrN2O2/c1-4-21-15-13(17)7-12(8-14(15)20-3)9-19-6-5-16(2,10-18)11-19/h7-8H,4-6,9-11,18H2,1-3H3. The van der Waals surface area contributed by atoms with Gasteiger partial charge in [0.2, 0.25) is 0 Å². The predicted octanol–water partition coefficient (Wildman–Crippen LogP) is 3.03. The van der Waals surface area contributed by atoms with Crippen molar-refractivity contribution in [1.29, 1.82) is 0 Å². The molecule has 2 N–H and O–H groups in total. The number of likely N-dealkylation sites (tertiary alicyclic amines) is 1. The van der Waals surface area contributed by atoms with Crippen LogP contribution in [0.15, 0.2) is 16.6 Å². The second-order valence-corrected chi connectivity index (χ2v) is 6.87. The van der Waals surface area contributed by atoms with Gasteiger partial charge in [-0.2, -0.15) is 0 Å². The minimum Gasteiger partial charge on any atom is -0.493 e. The molecule has 2 rings (SSSR count).